The molecule has 7 heteroatoms. The molecule has 1 aliphatic heterocycles. The standard InChI is InChI=1S/C12H14ClN5S/c13-7-10-8-14-9-11(16-10)17-2-4-18(5-3-17)12-15-1-6-19-12/h1,6,8-9H,2-5,7H2. The summed E-state index contributed by atoms with van der Waals surface area (Å²) >= 11 is 7.48. The largest absolute Gasteiger partial charge is 0.352 e. The van der Waals surface area contributed by atoms with Crippen LogP contribution in [0.3, 0.4) is 0 Å². The normalized spacial score (nSPS) is 15.8. The van der Waals surface area contributed by atoms with Gasteiger partial charge in [-0.25, -0.2) is 9.97 Å². The van der Waals surface area contributed by atoms with Crippen molar-refractivity contribution in [3.63, 3.8) is 0 Å². The van der Waals surface area contributed by atoms with Crippen LogP contribution in [-0.2, 0) is 5.88 Å². The number of halogens is 1. The highest BCUT2D eigenvalue weighted by atomic mass is 35.5. The highest BCUT2D eigenvalue weighted by molar-refractivity contribution is 7.13. The van der Waals surface area contributed by atoms with Gasteiger partial charge in [-0.1, -0.05) is 0 Å². The van der Waals surface area contributed by atoms with Crippen molar-refractivity contribution in [3.8, 4) is 0 Å². The van der Waals surface area contributed by atoms with Gasteiger partial charge in [-0.15, -0.1) is 22.9 Å². The number of rotatable bonds is 3. The van der Waals surface area contributed by atoms with Gasteiger partial charge in [0.1, 0.15) is 5.82 Å². The van der Waals surface area contributed by atoms with Crippen LogP contribution in [0.4, 0.5) is 10.9 Å². The predicted octanol–water partition coefficient (Wildman–Crippen LogP) is 2.00. The highest BCUT2D eigenvalue weighted by Gasteiger charge is 2.19. The lowest BCUT2D eigenvalue weighted by molar-refractivity contribution is 0.644. The van der Waals surface area contributed by atoms with E-state index in [0.29, 0.717) is 5.88 Å². The maximum atomic E-state index is 5.79. The maximum absolute atomic E-state index is 5.79. The van der Waals surface area contributed by atoms with Crippen molar-refractivity contribution in [2.75, 3.05) is 36.0 Å². The highest BCUT2D eigenvalue weighted by Crippen LogP contribution is 2.20. The molecule has 0 saturated carbocycles. The average molecular weight is 296 g/mol. The van der Waals surface area contributed by atoms with Crippen LogP contribution >= 0.6 is 22.9 Å². The van der Waals surface area contributed by atoms with Gasteiger partial charge in [0.2, 0.25) is 0 Å². The molecule has 0 amide bonds. The Morgan fingerprint density at radius 3 is 2.63 bits per heavy atom. The van der Waals surface area contributed by atoms with E-state index in [2.05, 4.69) is 24.8 Å². The lowest BCUT2D eigenvalue weighted by atomic mass is 10.3. The van der Waals surface area contributed by atoms with Crippen molar-refractivity contribution in [2.45, 2.75) is 5.88 Å². The van der Waals surface area contributed by atoms with E-state index in [1.165, 1.54) is 0 Å². The number of alkyl halides is 1. The number of anilines is 2. The van der Waals surface area contributed by atoms with Crippen LogP contribution in [0.25, 0.3) is 0 Å². The van der Waals surface area contributed by atoms with Crippen LogP contribution in [-0.4, -0.2) is 41.1 Å². The van der Waals surface area contributed by atoms with Crippen LogP contribution in [0.5, 0.6) is 0 Å². The zero-order valence-corrected chi connectivity index (χ0v) is 11.9. The minimum Gasteiger partial charge on any atom is -0.352 e. The Morgan fingerprint density at radius 2 is 1.95 bits per heavy atom. The molecule has 5 nitrogen and oxygen atoms in total. The van der Waals surface area contributed by atoms with E-state index in [0.717, 1.165) is 42.8 Å². The fraction of sp³-hybridized carbons (Fsp3) is 0.417. The van der Waals surface area contributed by atoms with E-state index in [4.69, 9.17) is 11.6 Å². The summed E-state index contributed by atoms with van der Waals surface area (Å²) in [6, 6.07) is 0. The van der Waals surface area contributed by atoms with Crippen LogP contribution in [0.15, 0.2) is 24.0 Å². The van der Waals surface area contributed by atoms with E-state index in [-0.39, 0.29) is 0 Å². The van der Waals surface area contributed by atoms with Crippen LogP contribution in [0.2, 0.25) is 0 Å². The number of nitrogens with zero attached hydrogens (tertiary/aromatic N) is 5. The first-order chi connectivity index (χ1) is 9.36. The van der Waals surface area contributed by atoms with E-state index >= 15 is 0 Å². The molecule has 0 spiro atoms. The smallest absolute Gasteiger partial charge is 0.185 e. The fourth-order valence-corrected chi connectivity index (χ4v) is 2.94. The Hall–Kier alpha value is -1.40. The molecule has 0 aromatic carbocycles. The zero-order valence-electron chi connectivity index (χ0n) is 10.4. The Balaban J connectivity index is 1.66. The summed E-state index contributed by atoms with van der Waals surface area (Å²) < 4.78 is 0. The third-order valence-corrected chi connectivity index (χ3v) is 4.21. The van der Waals surface area contributed by atoms with Crippen molar-refractivity contribution < 1.29 is 0 Å². The molecule has 2 aromatic heterocycles. The second kappa shape index (κ2) is 5.71. The molecular weight excluding hydrogens is 282 g/mol. The quantitative estimate of drug-likeness (QED) is 0.811. The van der Waals surface area contributed by atoms with Gasteiger partial charge in [0.25, 0.3) is 0 Å². The van der Waals surface area contributed by atoms with E-state index in [1.807, 2.05) is 11.6 Å². The Labute approximate surface area is 120 Å². The van der Waals surface area contributed by atoms with Crippen molar-refractivity contribution in [1.82, 2.24) is 15.0 Å². The molecule has 0 radical (unpaired) electrons. The molecule has 0 N–H and O–H groups in total. The lowest BCUT2D eigenvalue weighted by Gasteiger charge is -2.35. The summed E-state index contributed by atoms with van der Waals surface area (Å²) in [4.78, 5) is 17.6. The summed E-state index contributed by atoms with van der Waals surface area (Å²) in [6.07, 6.45) is 5.36. The second-order valence-corrected chi connectivity index (χ2v) is 5.43. The number of thiazole rings is 1. The SMILES string of the molecule is ClCc1cncc(N2CCN(c3nccs3)CC2)n1. The van der Waals surface area contributed by atoms with Gasteiger partial charge < -0.3 is 9.80 Å². The Bertz CT molecular complexity index is 525. The number of hydrogen-bond acceptors (Lipinski definition) is 6. The van der Waals surface area contributed by atoms with Gasteiger partial charge in [0.15, 0.2) is 5.13 Å². The first-order valence-corrected chi connectivity index (χ1v) is 7.54. The molecule has 3 heterocycles. The molecule has 2 aromatic rings. The van der Waals surface area contributed by atoms with Crippen molar-refractivity contribution in [2.24, 2.45) is 0 Å². The van der Waals surface area contributed by atoms with E-state index < -0.39 is 0 Å². The molecule has 19 heavy (non-hydrogen) atoms. The topological polar surface area (TPSA) is 45.2 Å². The summed E-state index contributed by atoms with van der Waals surface area (Å²) in [6.45, 7) is 3.78. The summed E-state index contributed by atoms with van der Waals surface area (Å²) in [5.74, 6) is 1.32. The third-order valence-electron chi connectivity index (χ3n) is 3.10. The van der Waals surface area contributed by atoms with Crippen molar-refractivity contribution in [1.29, 1.82) is 0 Å². The summed E-state index contributed by atoms with van der Waals surface area (Å²) in [5.41, 5.74) is 0.821. The van der Waals surface area contributed by atoms with Gasteiger partial charge >= 0.3 is 0 Å². The maximum Gasteiger partial charge on any atom is 0.185 e. The molecule has 1 fully saturated rings. The Morgan fingerprint density at radius 1 is 1.16 bits per heavy atom. The summed E-state index contributed by atoms with van der Waals surface area (Å²) in [5, 5.41) is 3.11. The molecule has 0 unspecified atom stereocenters. The minimum absolute atomic E-state index is 0.403. The van der Waals surface area contributed by atoms with Crippen molar-refractivity contribution in [3.05, 3.63) is 29.7 Å². The molecule has 100 valence electrons. The van der Waals surface area contributed by atoms with Gasteiger partial charge in [-0.05, 0) is 0 Å². The van der Waals surface area contributed by atoms with E-state index in [9.17, 15) is 0 Å². The lowest BCUT2D eigenvalue weighted by Crippen LogP contribution is -2.46. The van der Waals surface area contributed by atoms with Crippen LogP contribution in [0.1, 0.15) is 5.69 Å². The molecule has 0 aliphatic carbocycles. The predicted molar refractivity (Wildman–Crippen MR) is 78.1 cm³/mol. The van der Waals surface area contributed by atoms with Crippen LogP contribution in [0, 0.1) is 0 Å². The number of piperazine rings is 1. The second-order valence-electron chi connectivity index (χ2n) is 4.29. The molecule has 1 saturated heterocycles. The van der Waals surface area contributed by atoms with E-state index in [1.54, 1.807) is 23.7 Å². The molecule has 0 atom stereocenters. The summed E-state index contributed by atoms with van der Waals surface area (Å²) in [7, 11) is 0. The average Bonchev–Trinajstić information content (AvgIpc) is 3.02. The molecule has 3 rings (SSSR count). The van der Waals surface area contributed by atoms with Gasteiger partial charge in [0.05, 0.1) is 17.8 Å². The van der Waals surface area contributed by atoms with Gasteiger partial charge in [-0.2, -0.15) is 0 Å². The number of hydrogen-bond donors (Lipinski definition) is 0. The zero-order chi connectivity index (χ0) is 13.1. The number of aromatic nitrogens is 3. The molecule has 1 aliphatic rings. The Kier molecular flexibility index (Phi) is 3.79. The van der Waals surface area contributed by atoms with Crippen molar-refractivity contribution >= 4 is 33.9 Å². The molecular formula is C12H14ClN5S. The van der Waals surface area contributed by atoms with Crippen LogP contribution < -0.4 is 9.80 Å². The fourth-order valence-electron chi connectivity index (χ4n) is 2.11. The van der Waals surface area contributed by atoms with Gasteiger partial charge in [-0.3, -0.25) is 4.98 Å². The van der Waals surface area contributed by atoms with Gasteiger partial charge in [0, 0.05) is 44.0 Å². The minimum atomic E-state index is 0.403. The first-order valence-electron chi connectivity index (χ1n) is 6.13. The third kappa shape index (κ3) is 2.79. The monoisotopic (exact) mass is 295 g/mol. The molecule has 0 bridgehead atoms. The first kappa shape index (κ1) is 12.6.